The largest absolute Gasteiger partial charge is 0.496 e. The van der Waals surface area contributed by atoms with E-state index in [9.17, 15) is 14.3 Å². The average molecular weight is 317 g/mol. The molecule has 0 aliphatic rings. The van der Waals surface area contributed by atoms with Gasteiger partial charge in [-0.3, -0.25) is 4.79 Å². The molecule has 0 saturated heterocycles. The maximum absolute atomic E-state index is 13.7. The highest BCUT2D eigenvalue weighted by Crippen LogP contribution is 2.25. The summed E-state index contributed by atoms with van der Waals surface area (Å²) >= 11 is 0. The molecule has 0 fully saturated rings. The summed E-state index contributed by atoms with van der Waals surface area (Å²) in [6.07, 6.45) is 0.168. The summed E-state index contributed by atoms with van der Waals surface area (Å²) in [5.41, 5.74) is 1.68. The summed E-state index contributed by atoms with van der Waals surface area (Å²) in [6, 6.07) is 11.5. The van der Waals surface area contributed by atoms with E-state index in [0.29, 0.717) is 22.6 Å². The van der Waals surface area contributed by atoms with Gasteiger partial charge in [0.05, 0.1) is 13.7 Å². The van der Waals surface area contributed by atoms with Crippen LogP contribution in [0.25, 0.3) is 0 Å². The molecule has 5 heteroatoms. The molecule has 0 spiro atoms. The standard InChI is InChI=1S/C18H20FNO3/c1-12(15-5-3-4-6-16(15)19)9-18(22)20-14-7-8-17(23-2)13(10-14)11-21/h3-8,10,12,21H,9,11H2,1-2H3,(H,20,22). The molecule has 0 saturated carbocycles. The van der Waals surface area contributed by atoms with Crippen LogP contribution in [0, 0.1) is 5.82 Å². The number of methoxy groups -OCH3 is 1. The predicted octanol–water partition coefficient (Wildman–Crippen LogP) is 3.46. The van der Waals surface area contributed by atoms with Crippen LogP contribution >= 0.6 is 0 Å². The zero-order chi connectivity index (χ0) is 16.8. The van der Waals surface area contributed by atoms with Gasteiger partial charge in [0.1, 0.15) is 11.6 Å². The molecule has 4 nitrogen and oxygen atoms in total. The van der Waals surface area contributed by atoms with Crippen molar-refractivity contribution in [3.63, 3.8) is 0 Å². The monoisotopic (exact) mass is 317 g/mol. The molecule has 0 aromatic heterocycles. The van der Waals surface area contributed by atoms with Gasteiger partial charge in [0.25, 0.3) is 0 Å². The molecule has 0 aliphatic carbocycles. The molecule has 0 radical (unpaired) electrons. The molecular weight excluding hydrogens is 297 g/mol. The number of amides is 1. The molecule has 23 heavy (non-hydrogen) atoms. The van der Waals surface area contributed by atoms with Gasteiger partial charge in [-0.1, -0.05) is 25.1 Å². The van der Waals surface area contributed by atoms with E-state index >= 15 is 0 Å². The Morgan fingerprint density at radius 1 is 1.30 bits per heavy atom. The summed E-state index contributed by atoms with van der Waals surface area (Å²) < 4.78 is 18.8. The van der Waals surface area contributed by atoms with E-state index in [1.807, 2.05) is 6.92 Å². The first-order valence-electron chi connectivity index (χ1n) is 7.37. The lowest BCUT2D eigenvalue weighted by atomic mass is 9.97. The third-order valence-electron chi connectivity index (χ3n) is 3.66. The molecule has 2 aromatic rings. The van der Waals surface area contributed by atoms with E-state index in [1.54, 1.807) is 36.4 Å². The average Bonchev–Trinajstić information content (AvgIpc) is 2.54. The minimum absolute atomic E-state index is 0.168. The number of hydrogen-bond acceptors (Lipinski definition) is 3. The van der Waals surface area contributed by atoms with Crippen LogP contribution in [-0.2, 0) is 11.4 Å². The van der Waals surface area contributed by atoms with Crippen molar-refractivity contribution in [2.45, 2.75) is 25.9 Å². The summed E-state index contributed by atoms with van der Waals surface area (Å²) in [6.45, 7) is 1.63. The number of aliphatic hydroxyl groups is 1. The number of nitrogens with one attached hydrogen (secondary N) is 1. The van der Waals surface area contributed by atoms with Crippen molar-refractivity contribution >= 4 is 11.6 Å². The van der Waals surface area contributed by atoms with E-state index in [-0.39, 0.29) is 30.7 Å². The van der Waals surface area contributed by atoms with Crippen LogP contribution in [0.3, 0.4) is 0 Å². The number of ether oxygens (including phenoxy) is 1. The fourth-order valence-corrected chi connectivity index (χ4v) is 2.45. The molecule has 2 aromatic carbocycles. The fraction of sp³-hybridized carbons (Fsp3) is 0.278. The van der Waals surface area contributed by atoms with Gasteiger partial charge in [0.2, 0.25) is 5.91 Å². The van der Waals surface area contributed by atoms with E-state index in [0.717, 1.165) is 0 Å². The first-order chi connectivity index (χ1) is 11.0. The highest BCUT2D eigenvalue weighted by Gasteiger charge is 2.15. The zero-order valence-electron chi connectivity index (χ0n) is 13.2. The minimum atomic E-state index is -0.306. The number of rotatable bonds is 6. The highest BCUT2D eigenvalue weighted by atomic mass is 19.1. The third-order valence-corrected chi connectivity index (χ3v) is 3.66. The Bertz CT molecular complexity index is 688. The van der Waals surface area contributed by atoms with Crippen LogP contribution < -0.4 is 10.1 Å². The second-order valence-electron chi connectivity index (χ2n) is 5.36. The molecule has 0 heterocycles. The molecule has 0 bridgehead atoms. The smallest absolute Gasteiger partial charge is 0.224 e. The quantitative estimate of drug-likeness (QED) is 0.858. The Balaban J connectivity index is 2.03. The molecule has 122 valence electrons. The van der Waals surface area contributed by atoms with Crippen molar-refractivity contribution in [1.82, 2.24) is 0 Å². The maximum atomic E-state index is 13.7. The van der Waals surface area contributed by atoms with Gasteiger partial charge < -0.3 is 15.2 Å². The van der Waals surface area contributed by atoms with E-state index in [4.69, 9.17) is 4.74 Å². The Morgan fingerprint density at radius 3 is 2.70 bits per heavy atom. The molecule has 0 aliphatic heterocycles. The van der Waals surface area contributed by atoms with E-state index in [1.165, 1.54) is 13.2 Å². The van der Waals surface area contributed by atoms with Gasteiger partial charge in [-0.25, -0.2) is 4.39 Å². The van der Waals surface area contributed by atoms with Crippen LogP contribution in [-0.4, -0.2) is 18.1 Å². The van der Waals surface area contributed by atoms with Gasteiger partial charge in [-0.05, 0) is 35.7 Å². The molecular formula is C18H20FNO3. The van der Waals surface area contributed by atoms with Gasteiger partial charge in [0, 0.05) is 17.7 Å². The van der Waals surface area contributed by atoms with Crippen molar-refractivity contribution < 1.29 is 19.0 Å². The summed E-state index contributed by atoms with van der Waals surface area (Å²) in [5, 5.41) is 12.1. The first kappa shape index (κ1) is 17.0. The second kappa shape index (κ2) is 7.74. The number of carbonyl (C=O) groups is 1. The number of aliphatic hydroxyl groups excluding tert-OH is 1. The summed E-state index contributed by atoms with van der Waals surface area (Å²) in [4.78, 5) is 12.1. The van der Waals surface area contributed by atoms with Crippen molar-refractivity contribution in [3.8, 4) is 5.75 Å². The Labute approximate surface area is 134 Å². The van der Waals surface area contributed by atoms with Gasteiger partial charge in [0.15, 0.2) is 0 Å². The topological polar surface area (TPSA) is 58.6 Å². The zero-order valence-corrected chi connectivity index (χ0v) is 13.2. The van der Waals surface area contributed by atoms with Crippen molar-refractivity contribution in [1.29, 1.82) is 0 Å². The Hall–Kier alpha value is -2.40. The maximum Gasteiger partial charge on any atom is 0.224 e. The molecule has 1 unspecified atom stereocenters. The minimum Gasteiger partial charge on any atom is -0.496 e. The van der Waals surface area contributed by atoms with Crippen LogP contribution in [0.15, 0.2) is 42.5 Å². The Kier molecular flexibility index (Phi) is 5.71. The fourth-order valence-electron chi connectivity index (χ4n) is 2.45. The van der Waals surface area contributed by atoms with E-state index in [2.05, 4.69) is 5.32 Å². The van der Waals surface area contributed by atoms with Crippen LogP contribution in [0.1, 0.15) is 30.4 Å². The van der Waals surface area contributed by atoms with Crippen molar-refractivity contribution in [3.05, 3.63) is 59.4 Å². The molecule has 1 atom stereocenters. The van der Waals surface area contributed by atoms with Gasteiger partial charge >= 0.3 is 0 Å². The summed E-state index contributed by atoms with van der Waals surface area (Å²) in [7, 11) is 1.52. The number of benzene rings is 2. The van der Waals surface area contributed by atoms with Crippen LogP contribution in [0.5, 0.6) is 5.75 Å². The molecule has 2 rings (SSSR count). The third kappa shape index (κ3) is 4.29. The van der Waals surface area contributed by atoms with Crippen molar-refractivity contribution in [2.75, 3.05) is 12.4 Å². The van der Waals surface area contributed by atoms with E-state index < -0.39 is 0 Å². The predicted molar refractivity (Wildman–Crippen MR) is 87.0 cm³/mol. The second-order valence-corrected chi connectivity index (χ2v) is 5.36. The number of anilines is 1. The highest BCUT2D eigenvalue weighted by molar-refractivity contribution is 5.91. The first-order valence-corrected chi connectivity index (χ1v) is 7.37. The van der Waals surface area contributed by atoms with Gasteiger partial charge in [-0.2, -0.15) is 0 Å². The van der Waals surface area contributed by atoms with Crippen LogP contribution in [0.2, 0.25) is 0 Å². The Morgan fingerprint density at radius 2 is 2.04 bits per heavy atom. The SMILES string of the molecule is COc1ccc(NC(=O)CC(C)c2ccccc2F)cc1CO. The number of carbonyl (C=O) groups excluding carboxylic acids is 1. The number of halogens is 1. The normalized spacial score (nSPS) is 11.8. The lowest BCUT2D eigenvalue weighted by molar-refractivity contribution is -0.116. The van der Waals surface area contributed by atoms with Crippen LogP contribution in [0.4, 0.5) is 10.1 Å². The van der Waals surface area contributed by atoms with Gasteiger partial charge in [-0.15, -0.1) is 0 Å². The molecule has 2 N–H and O–H groups in total. The lowest BCUT2D eigenvalue weighted by Gasteiger charge is -2.14. The summed E-state index contributed by atoms with van der Waals surface area (Å²) in [5.74, 6) is -0.188. The molecule has 1 amide bonds. The van der Waals surface area contributed by atoms with Crippen molar-refractivity contribution in [2.24, 2.45) is 0 Å². The number of hydrogen-bond donors (Lipinski definition) is 2. The lowest BCUT2D eigenvalue weighted by Crippen LogP contribution is -2.15.